The van der Waals surface area contributed by atoms with Crippen molar-refractivity contribution in [2.45, 2.75) is 33.4 Å². The highest BCUT2D eigenvalue weighted by Crippen LogP contribution is 2.27. The molecule has 0 fully saturated rings. The van der Waals surface area contributed by atoms with Crippen molar-refractivity contribution < 1.29 is 4.74 Å². The second-order valence-electron chi connectivity index (χ2n) is 9.78. The molecule has 6 rings (SSSR count). The van der Waals surface area contributed by atoms with Gasteiger partial charge in [-0.25, -0.2) is 19.9 Å². The van der Waals surface area contributed by atoms with Crippen LogP contribution in [0.25, 0.3) is 27.8 Å². The summed E-state index contributed by atoms with van der Waals surface area (Å²) in [6.45, 7) is 6.38. The maximum Gasteiger partial charge on any atom is 0.266 e. The highest BCUT2D eigenvalue weighted by Gasteiger charge is 2.25. The number of hydrogen-bond donors (Lipinski definition) is 2. The van der Waals surface area contributed by atoms with Gasteiger partial charge in [0.05, 0.1) is 36.1 Å². The molecule has 0 saturated heterocycles. The fraction of sp³-hybridized carbons (Fsp3) is 0.194. The average molecular weight is 532 g/mol. The molecule has 3 aromatic heterocycles. The number of ether oxygens (including phenoxy) is 1. The predicted octanol–water partition coefficient (Wildman–Crippen LogP) is 5.35. The Morgan fingerprint density at radius 3 is 2.50 bits per heavy atom. The molecule has 0 aliphatic heterocycles. The Hall–Kier alpha value is -4.89. The topological polar surface area (TPSA) is 111 Å². The monoisotopic (exact) mass is 531 g/mol. The van der Waals surface area contributed by atoms with Crippen LogP contribution in [0.1, 0.15) is 34.4 Å². The lowest BCUT2D eigenvalue weighted by Crippen LogP contribution is -2.31. The lowest BCUT2D eigenvalue weighted by molar-refractivity contribution is 0.110. The van der Waals surface area contributed by atoms with Crippen LogP contribution in [0, 0.1) is 20.8 Å². The fourth-order valence-corrected chi connectivity index (χ4v) is 4.96. The molecule has 1 unspecified atom stereocenters. The summed E-state index contributed by atoms with van der Waals surface area (Å²) in [7, 11) is 0. The standard InChI is InChI=1S/C31H29N7O2/c1-19-10-7-8-15-25(19)38-30(37-23-14-9-11-20(2)26(23)31(38)39)24(17-40-16-22-12-5-4-6-13-22)36-29-27-28(33-18-32-27)34-21(3)35-29/h4-15,18,24H,16-17H2,1-3H3,(H2,32,33,34,35,36). The highest BCUT2D eigenvalue weighted by atomic mass is 16.5. The summed E-state index contributed by atoms with van der Waals surface area (Å²) in [6.07, 6.45) is 1.59. The average Bonchev–Trinajstić information content (AvgIpc) is 3.42. The number of aryl methyl sites for hydroxylation is 3. The molecular formula is C31H29N7O2. The Bertz CT molecular complexity index is 1880. The van der Waals surface area contributed by atoms with Crippen LogP contribution in [0.3, 0.4) is 0 Å². The molecule has 2 N–H and O–H groups in total. The van der Waals surface area contributed by atoms with Gasteiger partial charge in [0.15, 0.2) is 11.5 Å². The van der Waals surface area contributed by atoms with E-state index < -0.39 is 6.04 Å². The molecular weight excluding hydrogens is 502 g/mol. The second-order valence-corrected chi connectivity index (χ2v) is 9.78. The Balaban J connectivity index is 1.53. The number of rotatable bonds is 8. The van der Waals surface area contributed by atoms with Crippen molar-refractivity contribution in [1.29, 1.82) is 0 Å². The lowest BCUT2D eigenvalue weighted by atomic mass is 10.1. The Morgan fingerprint density at radius 1 is 0.900 bits per heavy atom. The van der Waals surface area contributed by atoms with Crippen LogP contribution >= 0.6 is 0 Å². The van der Waals surface area contributed by atoms with Crippen molar-refractivity contribution in [2.75, 3.05) is 11.9 Å². The molecule has 200 valence electrons. The summed E-state index contributed by atoms with van der Waals surface area (Å²) in [5.74, 6) is 1.64. The minimum atomic E-state index is -0.546. The van der Waals surface area contributed by atoms with Gasteiger partial charge in [-0.15, -0.1) is 0 Å². The lowest BCUT2D eigenvalue weighted by Gasteiger charge is -2.24. The largest absolute Gasteiger partial charge is 0.374 e. The van der Waals surface area contributed by atoms with E-state index in [1.165, 1.54) is 0 Å². The quantitative estimate of drug-likeness (QED) is 0.272. The number of anilines is 1. The molecule has 0 radical (unpaired) electrons. The van der Waals surface area contributed by atoms with Crippen molar-refractivity contribution in [3.63, 3.8) is 0 Å². The molecule has 9 nitrogen and oxygen atoms in total. The zero-order valence-corrected chi connectivity index (χ0v) is 22.5. The summed E-state index contributed by atoms with van der Waals surface area (Å²) in [5, 5.41) is 4.10. The molecule has 0 aliphatic rings. The van der Waals surface area contributed by atoms with Crippen molar-refractivity contribution in [3.8, 4) is 5.69 Å². The SMILES string of the molecule is Cc1nc(NC(COCc2ccccc2)c2nc3cccc(C)c3c(=O)n2-c2ccccc2C)c2nc[nH]c2n1. The van der Waals surface area contributed by atoms with Crippen molar-refractivity contribution in [3.05, 3.63) is 118 Å². The van der Waals surface area contributed by atoms with E-state index in [2.05, 4.69) is 25.3 Å². The van der Waals surface area contributed by atoms with Gasteiger partial charge in [0.1, 0.15) is 23.2 Å². The third kappa shape index (κ3) is 4.83. The van der Waals surface area contributed by atoms with E-state index >= 15 is 0 Å². The number of benzene rings is 3. The van der Waals surface area contributed by atoms with Gasteiger partial charge in [0.25, 0.3) is 5.56 Å². The number of aromatic nitrogens is 6. The number of H-pyrrole nitrogens is 1. The maximum absolute atomic E-state index is 14.2. The Kier molecular flexibility index (Phi) is 6.79. The van der Waals surface area contributed by atoms with Crippen LogP contribution in [-0.4, -0.2) is 36.1 Å². The zero-order valence-electron chi connectivity index (χ0n) is 22.5. The molecule has 9 heteroatoms. The molecule has 3 heterocycles. The third-order valence-corrected chi connectivity index (χ3v) is 6.90. The van der Waals surface area contributed by atoms with Crippen molar-refractivity contribution >= 4 is 27.9 Å². The fourth-order valence-electron chi connectivity index (χ4n) is 4.96. The molecule has 0 amide bonds. The van der Waals surface area contributed by atoms with Crippen molar-refractivity contribution in [2.24, 2.45) is 0 Å². The highest BCUT2D eigenvalue weighted by molar-refractivity contribution is 5.83. The molecule has 0 spiro atoms. The van der Waals surface area contributed by atoms with Gasteiger partial charge in [-0.3, -0.25) is 9.36 Å². The van der Waals surface area contributed by atoms with Gasteiger partial charge in [-0.1, -0.05) is 60.7 Å². The van der Waals surface area contributed by atoms with Crippen LogP contribution < -0.4 is 10.9 Å². The number of aromatic amines is 1. The molecule has 0 aliphatic carbocycles. The molecule has 0 saturated carbocycles. The number of nitrogens with zero attached hydrogens (tertiary/aromatic N) is 5. The number of hydrogen-bond acceptors (Lipinski definition) is 7. The second kappa shape index (κ2) is 10.7. The van der Waals surface area contributed by atoms with Gasteiger partial charge >= 0.3 is 0 Å². The Labute approximate surface area is 230 Å². The zero-order chi connectivity index (χ0) is 27.6. The van der Waals surface area contributed by atoms with E-state index in [1.54, 1.807) is 10.9 Å². The van der Waals surface area contributed by atoms with Crippen molar-refractivity contribution in [1.82, 2.24) is 29.5 Å². The van der Waals surface area contributed by atoms with E-state index in [-0.39, 0.29) is 12.2 Å². The van der Waals surface area contributed by atoms with E-state index in [4.69, 9.17) is 9.72 Å². The van der Waals surface area contributed by atoms with Gasteiger partial charge in [-0.2, -0.15) is 0 Å². The van der Waals surface area contributed by atoms with E-state index in [0.29, 0.717) is 46.1 Å². The first-order valence-corrected chi connectivity index (χ1v) is 13.1. The molecule has 3 aromatic carbocycles. The predicted molar refractivity (Wildman–Crippen MR) is 156 cm³/mol. The number of nitrogens with one attached hydrogen (secondary N) is 2. The number of para-hydroxylation sites is 1. The van der Waals surface area contributed by atoms with Gasteiger partial charge in [-0.05, 0) is 49.6 Å². The van der Waals surface area contributed by atoms with Crippen LogP contribution in [0.5, 0.6) is 0 Å². The maximum atomic E-state index is 14.2. The first-order chi connectivity index (χ1) is 19.5. The van der Waals surface area contributed by atoms with Crippen LogP contribution in [0.2, 0.25) is 0 Å². The van der Waals surface area contributed by atoms with Crippen LogP contribution in [-0.2, 0) is 11.3 Å². The third-order valence-electron chi connectivity index (χ3n) is 6.90. The van der Waals surface area contributed by atoms with Gasteiger partial charge < -0.3 is 15.0 Å². The smallest absolute Gasteiger partial charge is 0.266 e. The van der Waals surface area contributed by atoms with Gasteiger partial charge in [0, 0.05) is 0 Å². The summed E-state index contributed by atoms with van der Waals surface area (Å²) in [4.78, 5) is 35.9. The normalized spacial score (nSPS) is 12.2. The summed E-state index contributed by atoms with van der Waals surface area (Å²) >= 11 is 0. The minimum Gasteiger partial charge on any atom is -0.374 e. The van der Waals surface area contributed by atoms with Crippen LogP contribution in [0.4, 0.5) is 5.82 Å². The minimum absolute atomic E-state index is 0.133. The van der Waals surface area contributed by atoms with E-state index in [9.17, 15) is 4.79 Å². The molecule has 1 atom stereocenters. The first-order valence-electron chi connectivity index (χ1n) is 13.1. The molecule has 6 aromatic rings. The molecule has 40 heavy (non-hydrogen) atoms. The summed E-state index contributed by atoms with van der Waals surface area (Å²) in [6, 6.07) is 23.0. The molecule has 0 bridgehead atoms. The van der Waals surface area contributed by atoms with Gasteiger partial charge in [0.2, 0.25) is 0 Å². The Morgan fingerprint density at radius 2 is 1.68 bits per heavy atom. The summed E-state index contributed by atoms with van der Waals surface area (Å²) < 4.78 is 7.94. The van der Waals surface area contributed by atoms with E-state index in [0.717, 1.165) is 22.4 Å². The van der Waals surface area contributed by atoms with E-state index in [1.807, 2.05) is 93.6 Å². The summed E-state index contributed by atoms with van der Waals surface area (Å²) in [5.41, 5.74) is 5.36. The number of imidazole rings is 1. The number of fused-ring (bicyclic) bond motifs is 2. The first kappa shape index (κ1) is 25.4. The van der Waals surface area contributed by atoms with Crippen LogP contribution in [0.15, 0.2) is 83.9 Å².